The first-order chi connectivity index (χ1) is 8.72. The fourth-order valence-corrected chi connectivity index (χ4v) is 3.27. The highest BCUT2D eigenvalue weighted by molar-refractivity contribution is 7.89. The van der Waals surface area contributed by atoms with Crippen LogP contribution in [0.5, 0.6) is 0 Å². The average Bonchev–Trinajstić information content (AvgIpc) is 2.25. The van der Waals surface area contributed by atoms with Crippen molar-refractivity contribution in [2.45, 2.75) is 51.5 Å². The molecule has 1 atom stereocenters. The summed E-state index contributed by atoms with van der Waals surface area (Å²) in [5.74, 6) is 0.566. The molecule has 0 amide bonds. The number of hydrogen-bond acceptors (Lipinski definition) is 3. The summed E-state index contributed by atoms with van der Waals surface area (Å²) in [6.45, 7) is 8.01. The fraction of sp³-hybridized carbons (Fsp3) is 0.571. The van der Waals surface area contributed by atoms with E-state index >= 15 is 0 Å². The van der Waals surface area contributed by atoms with Crippen molar-refractivity contribution in [1.82, 2.24) is 4.72 Å². The van der Waals surface area contributed by atoms with Crippen LogP contribution >= 0.6 is 0 Å². The second-order valence-electron chi connectivity index (χ2n) is 5.53. The summed E-state index contributed by atoms with van der Waals surface area (Å²) in [5, 5.41) is 0. The third kappa shape index (κ3) is 4.84. The van der Waals surface area contributed by atoms with Crippen molar-refractivity contribution in [3.63, 3.8) is 0 Å². The molecule has 0 saturated carbocycles. The third-order valence-electron chi connectivity index (χ3n) is 2.99. The topological polar surface area (TPSA) is 72.2 Å². The van der Waals surface area contributed by atoms with Gasteiger partial charge >= 0.3 is 0 Å². The molecule has 0 bridgehead atoms. The minimum Gasteiger partial charge on any atom is -0.398 e. The molecule has 0 aromatic heterocycles. The van der Waals surface area contributed by atoms with Crippen LogP contribution in [0.3, 0.4) is 0 Å². The Labute approximate surface area is 116 Å². The van der Waals surface area contributed by atoms with E-state index in [1.165, 1.54) is 0 Å². The van der Waals surface area contributed by atoms with Crippen LogP contribution in [0.15, 0.2) is 23.1 Å². The highest BCUT2D eigenvalue weighted by Crippen LogP contribution is 2.20. The predicted molar refractivity (Wildman–Crippen MR) is 79.4 cm³/mol. The molecule has 3 N–H and O–H groups in total. The highest BCUT2D eigenvalue weighted by atomic mass is 32.2. The number of hydrogen-bond donors (Lipinski definition) is 2. The molecule has 0 aliphatic rings. The molecule has 0 heterocycles. The second-order valence-corrected chi connectivity index (χ2v) is 7.22. The van der Waals surface area contributed by atoms with Crippen molar-refractivity contribution in [1.29, 1.82) is 0 Å². The standard InChI is InChI=1S/C14H24N2O2S/c1-10(2)5-7-12(4)16-19(17,18)14-8-6-11(3)9-13(14)15/h6,8-10,12,16H,5,7,15H2,1-4H3. The van der Waals surface area contributed by atoms with Crippen molar-refractivity contribution in [3.05, 3.63) is 23.8 Å². The van der Waals surface area contributed by atoms with E-state index in [4.69, 9.17) is 5.73 Å². The van der Waals surface area contributed by atoms with Crippen molar-refractivity contribution in [3.8, 4) is 0 Å². The summed E-state index contributed by atoms with van der Waals surface area (Å²) in [7, 11) is -3.53. The highest BCUT2D eigenvalue weighted by Gasteiger charge is 2.19. The molecule has 1 aromatic rings. The maximum atomic E-state index is 12.2. The molecule has 1 unspecified atom stereocenters. The Morgan fingerprint density at radius 3 is 2.37 bits per heavy atom. The summed E-state index contributed by atoms with van der Waals surface area (Å²) < 4.78 is 27.1. The van der Waals surface area contributed by atoms with Crippen LogP contribution in [-0.4, -0.2) is 14.5 Å². The number of aryl methyl sites for hydroxylation is 1. The first-order valence-electron chi connectivity index (χ1n) is 6.61. The van der Waals surface area contributed by atoms with Crippen LogP contribution in [0.25, 0.3) is 0 Å². The van der Waals surface area contributed by atoms with Gasteiger partial charge in [0.05, 0.1) is 5.69 Å². The van der Waals surface area contributed by atoms with E-state index in [1.807, 2.05) is 13.8 Å². The van der Waals surface area contributed by atoms with Crippen molar-refractivity contribution in [2.24, 2.45) is 5.92 Å². The van der Waals surface area contributed by atoms with Crippen molar-refractivity contribution in [2.75, 3.05) is 5.73 Å². The normalized spacial score (nSPS) is 13.7. The molecule has 1 rings (SSSR count). The number of anilines is 1. The van der Waals surface area contributed by atoms with E-state index in [9.17, 15) is 8.42 Å². The zero-order valence-electron chi connectivity index (χ0n) is 12.1. The summed E-state index contributed by atoms with van der Waals surface area (Å²) in [6, 6.07) is 4.90. The Hall–Kier alpha value is -1.07. The lowest BCUT2D eigenvalue weighted by Crippen LogP contribution is -2.33. The van der Waals surface area contributed by atoms with Gasteiger partial charge in [0, 0.05) is 6.04 Å². The molecule has 1 aromatic carbocycles. The van der Waals surface area contributed by atoms with Gasteiger partial charge in [-0.2, -0.15) is 0 Å². The molecule has 0 saturated heterocycles. The summed E-state index contributed by atoms with van der Waals surface area (Å²) >= 11 is 0. The molecule has 0 radical (unpaired) electrons. The van der Waals surface area contributed by atoms with Gasteiger partial charge in [0.1, 0.15) is 4.90 Å². The summed E-state index contributed by atoms with van der Waals surface area (Å²) in [4.78, 5) is 0.162. The minimum atomic E-state index is -3.53. The SMILES string of the molecule is Cc1ccc(S(=O)(=O)NC(C)CCC(C)C)c(N)c1. The summed E-state index contributed by atoms with van der Waals surface area (Å²) in [6.07, 6.45) is 1.82. The third-order valence-corrected chi connectivity index (χ3v) is 4.65. The molecule has 19 heavy (non-hydrogen) atoms. The Balaban J connectivity index is 2.81. The Morgan fingerprint density at radius 2 is 1.84 bits per heavy atom. The number of sulfonamides is 1. The lowest BCUT2D eigenvalue weighted by atomic mass is 10.1. The lowest BCUT2D eigenvalue weighted by Gasteiger charge is -2.16. The number of benzene rings is 1. The van der Waals surface area contributed by atoms with E-state index < -0.39 is 10.0 Å². The molecular formula is C14H24N2O2S. The number of nitrogens with two attached hydrogens (primary N) is 1. The van der Waals surface area contributed by atoms with Gasteiger partial charge in [-0.25, -0.2) is 13.1 Å². The van der Waals surface area contributed by atoms with E-state index in [0.717, 1.165) is 18.4 Å². The Kier molecular flexibility index (Phi) is 5.38. The average molecular weight is 284 g/mol. The van der Waals surface area contributed by atoms with Gasteiger partial charge in [-0.3, -0.25) is 0 Å². The van der Waals surface area contributed by atoms with Crippen molar-refractivity contribution < 1.29 is 8.42 Å². The van der Waals surface area contributed by atoms with Crippen LogP contribution < -0.4 is 10.5 Å². The fourth-order valence-electron chi connectivity index (χ4n) is 1.88. The minimum absolute atomic E-state index is 0.0897. The zero-order valence-corrected chi connectivity index (χ0v) is 12.9. The number of nitrogens with one attached hydrogen (secondary N) is 1. The largest absolute Gasteiger partial charge is 0.398 e. The monoisotopic (exact) mass is 284 g/mol. The van der Waals surface area contributed by atoms with Crippen molar-refractivity contribution >= 4 is 15.7 Å². The molecule has 0 fully saturated rings. The molecule has 4 nitrogen and oxygen atoms in total. The predicted octanol–water partition coefficient (Wildman–Crippen LogP) is 2.68. The van der Waals surface area contributed by atoms with E-state index in [0.29, 0.717) is 11.6 Å². The Morgan fingerprint density at radius 1 is 1.21 bits per heavy atom. The van der Waals surface area contributed by atoms with Crippen LogP contribution in [0.1, 0.15) is 39.2 Å². The smallest absolute Gasteiger partial charge is 0.242 e. The molecule has 0 aliphatic carbocycles. The quantitative estimate of drug-likeness (QED) is 0.789. The van der Waals surface area contributed by atoms with Gasteiger partial charge in [-0.15, -0.1) is 0 Å². The number of rotatable bonds is 6. The zero-order chi connectivity index (χ0) is 14.6. The molecule has 0 spiro atoms. The van der Waals surface area contributed by atoms with Gasteiger partial charge in [-0.05, 0) is 50.3 Å². The van der Waals surface area contributed by atoms with Crippen LogP contribution in [-0.2, 0) is 10.0 Å². The first-order valence-corrected chi connectivity index (χ1v) is 8.09. The summed E-state index contributed by atoms with van der Waals surface area (Å²) in [5.41, 5.74) is 7.03. The molecule has 108 valence electrons. The van der Waals surface area contributed by atoms with Crippen LogP contribution in [0, 0.1) is 12.8 Å². The lowest BCUT2D eigenvalue weighted by molar-refractivity contribution is 0.485. The van der Waals surface area contributed by atoms with Crippen LogP contribution in [0.4, 0.5) is 5.69 Å². The van der Waals surface area contributed by atoms with Gasteiger partial charge in [0.15, 0.2) is 0 Å². The maximum Gasteiger partial charge on any atom is 0.242 e. The molecule has 0 aliphatic heterocycles. The molecular weight excluding hydrogens is 260 g/mol. The van der Waals surface area contributed by atoms with Gasteiger partial charge in [-0.1, -0.05) is 19.9 Å². The van der Waals surface area contributed by atoms with Crippen LogP contribution in [0.2, 0.25) is 0 Å². The van der Waals surface area contributed by atoms with E-state index in [2.05, 4.69) is 18.6 Å². The van der Waals surface area contributed by atoms with Gasteiger partial charge < -0.3 is 5.73 Å². The van der Waals surface area contributed by atoms with Gasteiger partial charge in [0.25, 0.3) is 0 Å². The van der Waals surface area contributed by atoms with Gasteiger partial charge in [0.2, 0.25) is 10.0 Å². The van der Waals surface area contributed by atoms with E-state index in [1.54, 1.807) is 18.2 Å². The maximum absolute atomic E-state index is 12.2. The second kappa shape index (κ2) is 6.39. The Bertz CT molecular complexity index is 524. The molecule has 5 heteroatoms. The van der Waals surface area contributed by atoms with E-state index in [-0.39, 0.29) is 10.9 Å². The number of nitrogen functional groups attached to an aromatic ring is 1. The first kappa shape index (κ1) is 16.0.